The number of nitrogen functional groups attached to an aromatic ring is 1. The van der Waals surface area contributed by atoms with Gasteiger partial charge in [0.05, 0.1) is 11.1 Å². The Hall–Kier alpha value is -2.67. The van der Waals surface area contributed by atoms with Gasteiger partial charge in [0, 0.05) is 38.8 Å². The van der Waals surface area contributed by atoms with Crippen molar-refractivity contribution in [2.24, 2.45) is 7.05 Å². The van der Waals surface area contributed by atoms with Crippen LogP contribution >= 0.6 is 0 Å². The summed E-state index contributed by atoms with van der Waals surface area (Å²) < 4.78 is 1.79. The van der Waals surface area contributed by atoms with Gasteiger partial charge in [-0.3, -0.25) is 0 Å². The van der Waals surface area contributed by atoms with Gasteiger partial charge in [0.15, 0.2) is 11.5 Å². The molecule has 0 bridgehead atoms. The van der Waals surface area contributed by atoms with Crippen LogP contribution < -0.4 is 16.0 Å². The largest absolute Gasteiger partial charge is 0.368 e. The lowest BCUT2D eigenvalue weighted by Gasteiger charge is -2.27. The van der Waals surface area contributed by atoms with Crippen LogP contribution in [0.25, 0.3) is 22.3 Å². The maximum atomic E-state index is 5.93. The molecule has 3 aromatic rings. The molecule has 0 unspecified atom stereocenters. The van der Waals surface area contributed by atoms with Crippen molar-refractivity contribution in [3.8, 4) is 11.3 Å². The van der Waals surface area contributed by atoms with Gasteiger partial charge in [-0.25, -0.2) is 9.67 Å². The number of rotatable bonds is 2. The van der Waals surface area contributed by atoms with E-state index in [0.717, 1.165) is 54.3 Å². The van der Waals surface area contributed by atoms with E-state index in [1.807, 2.05) is 37.4 Å². The zero-order chi connectivity index (χ0) is 15.8. The van der Waals surface area contributed by atoms with Gasteiger partial charge in [-0.15, -0.1) is 0 Å². The van der Waals surface area contributed by atoms with E-state index in [1.54, 1.807) is 4.68 Å². The third-order valence-corrected chi connectivity index (χ3v) is 4.15. The second-order valence-electron chi connectivity index (χ2n) is 5.68. The van der Waals surface area contributed by atoms with Crippen LogP contribution in [-0.2, 0) is 7.05 Å². The van der Waals surface area contributed by atoms with Crippen molar-refractivity contribution < 1.29 is 0 Å². The molecule has 2 aromatic heterocycles. The molecule has 1 aliphatic heterocycles. The molecule has 7 heteroatoms. The van der Waals surface area contributed by atoms with Crippen molar-refractivity contribution in [1.82, 2.24) is 25.1 Å². The Labute approximate surface area is 134 Å². The lowest BCUT2D eigenvalue weighted by atomic mass is 10.1. The Bertz CT molecular complexity index is 835. The molecule has 0 spiro atoms. The number of aryl methyl sites for hydroxylation is 1. The van der Waals surface area contributed by atoms with Gasteiger partial charge in [0.2, 0.25) is 5.95 Å². The molecular weight excluding hydrogens is 290 g/mol. The summed E-state index contributed by atoms with van der Waals surface area (Å²) in [7, 11) is 1.90. The van der Waals surface area contributed by atoms with Crippen LogP contribution in [-0.4, -0.2) is 45.9 Å². The first-order valence-electron chi connectivity index (χ1n) is 7.75. The third-order valence-electron chi connectivity index (χ3n) is 4.15. The number of hydrogen-bond donors (Lipinski definition) is 2. The molecule has 1 saturated heterocycles. The van der Waals surface area contributed by atoms with E-state index < -0.39 is 0 Å². The average Bonchev–Trinajstić information content (AvgIpc) is 2.93. The van der Waals surface area contributed by atoms with Crippen LogP contribution in [0.3, 0.4) is 0 Å². The maximum absolute atomic E-state index is 5.93. The SMILES string of the molecule is Cn1nc(N2CCNCC2)c2c(-c3ccccc3)nc(N)nc21. The van der Waals surface area contributed by atoms with Gasteiger partial charge in [0.25, 0.3) is 0 Å². The highest BCUT2D eigenvalue weighted by Gasteiger charge is 2.23. The van der Waals surface area contributed by atoms with Crippen LogP contribution in [0.4, 0.5) is 11.8 Å². The van der Waals surface area contributed by atoms with Crippen LogP contribution in [0.15, 0.2) is 30.3 Å². The van der Waals surface area contributed by atoms with E-state index in [1.165, 1.54) is 0 Å². The fourth-order valence-electron chi connectivity index (χ4n) is 3.05. The number of fused-ring (bicyclic) bond motifs is 1. The Morgan fingerprint density at radius 2 is 1.83 bits per heavy atom. The number of hydrogen-bond acceptors (Lipinski definition) is 6. The molecule has 0 radical (unpaired) electrons. The van der Waals surface area contributed by atoms with Gasteiger partial charge in [0.1, 0.15) is 0 Å². The average molecular weight is 309 g/mol. The Balaban J connectivity index is 1.97. The predicted octanol–water partition coefficient (Wildman–Crippen LogP) is 1.02. The molecule has 1 aliphatic rings. The topological polar surface area (TPSA) is 84.9 Å². The first kappa shape index (κ1) is 14.0. The molecule has 0 aliphatic carbocycles. The van der Waals surface area contributed by atoms with Gasteiger partial charge in [-0.05, 0) is 0 Å². The van der Waals surface area contributed by atoms with Crippen molar-refractivity contribution in [1.29, 1.82) is 0 Å². The summed E-state index contributed by atoms with van der Waals surface area (Å²) in [5.41, 5.74) is 8.57. The lowest BCUT2D eigenvalue weighted by molar-refractivity contribution is 0.582. The molecule has 0 atom stereocenters. The Kier molecular flexibility index (Phi) is 3.34. The quantitative estimate of drug-likeness (QED) is 0.735. The van der Waals surface area contributed by atoms with Gasteiger partial charge in [-0.2, -0.15) is 10.1 Å². The van der Waals surface area contributed by atoms with Crippen molar-refractivity contribution in [2.45, 2.75) is 0 Å². The number of aromatic nitrogens is 4. The molecule has 118 valence electrons. The predicted molar refractivity (Wildman–Crippen MR) is 91.2 cm³/mol. The highest BCUT2D eigenvalue weighted by Crippen LogP contribution is 2.33. The number of benzene rings is 1. The zero-order valence-electron chi connectivity index (χ0n) is 13.0. The smallest absolute Gasteiger partial charge is 0.222 e. The van der Waals surface area contributed by atoms with E-state index in [-0.39, 0.29) is 5.95 Å². The summed E-state index contributed by atoms with van der Waals surface area (Å²) in [5, 5.41) is 9.03. The molecule has 23 heavy (non-hydrogen) atoms. The third kappa shape index (κ3) is 2.39. The van der Waals surface area contributed by atoms with E-state index >= 15 is 0 Å². The molecule has 3 heterocycles. The molecule has 1 fully saturated rings. The van der Waals surface area contributed by atoms with E-state index in [2.05, 4.69) is 20.2 Å². The van der Waals surface area contributed by atoms with E-state index in [9.17, 15) is 0 Å². The second-order valence-corrected chi connectivity index (χ2v) is 5.68. The highest BCUT2D eigenvalue weighted by molar-refractivity contribution is 6.00. The monoisotopic (exact) mass is 309 g/mol. The fraction of sp³-hybridized carbons (Fsp3) is 0.312. The molecule has 4 rings (SSSR count). The van der Waals surface area contributed by atoms with Gasteiger partial charge >= 0.3 is 0 Å². The second kappa shape index (κ2) is 5.51. The number of piperazine rings is 1. The fourth-order valence-corrected chi connectivity index (χ4v) is 3.05. The molecule has 1 aromatic carbocycles. The normalized spacial score (nSPS) is 15.3. The number of anilines is 2. The first-order chi connectivity index (χ1) is 11.2. The standard InChI is InChI=1S/C16H19N7/c1-22-14-12(15(21-22)23-9-7-18-8-10-23)13(19-16(17)20-14)11-5-3-2-4-6-11/h2-6,18H,7-10H2,1H3,(H2,17,19,20). The molecule has 7 nitrogen and oxygen atoms in total. The van der Waals surface area contributed by atoms with Crippen LogP contribution in [0, 0.1) is 0 Å². The minimum atomic E-state index is 0.270. The summed E-state index contributed by atoms with van der Waals surface area (Å²) in [4.78, 5) is 11.2. The zero-order valence-corrected chi connectivity index (χ0v) is 13.0. The summed E-state index contributed by atoms with van der Waals surface area (Å²) in [6, 6.07) is 10.1. The molecular formula is C16H19N7. The van der Waals surface area contributed by atoms with E-state index in [0.29, 0.717) is 0 Å². The van der Waals surface area contributed by atoms with Crippen LogP contribution in [0.5, 0.6) is 0 Å². The summed E-state index contributed by atoms with van der Waals surface area (Å²) >= 11 is 0. The minimum Gasteiger partial charge on any atom is -0.368 e. The first-order valence-corrected chi connectivity index (χ1v) is 7.75. The van der Waals surface area contributed by atoms with Crippen molar-refractivity contribution >= 4 is 22.8 Å². The maximum Gasteiger partial charge on any atom is 0.222 e. The summed E-state index contributed by atoms with van der Waals surface area (Å²) in [6.45, 7) is 3.75. The lowest BCUT2D eigenvalue weighted by Crippen LogP contribution is -2.43. The van der Waals surface area contributed by atoms with Crippen molar-refractivity contribution in [3.05, 3.63) is 30.3 Å². The number of nitrogens with zero attached hydrogens (tertiary/aromatic N) is 5. The van der Waals surface area contributed by atoms with E-state index in [4.69, 9.17) is 10.8 Å². The van der Waals surface area contributed by atoms with Crippen LogP contribution in [0.2, 0.25) is 0 Å². The number of nitrogens with one attached hydrogen (secondary N) is 1. The summed E-state index contributed by atoms with van der Waals surface area (Å²) in [6.07, 6.45) is 0. The number of nitrogens with two attached hydrogens (primary N) is 1. The van der Waals surface area contributed by atoms with Crippen LogP contribution in [0.1, 0.15) is 0 Å². The van der Waals surface area contributed by atoms with Crippen molar-refractivity contribution in [3.63, 3.8) is 0 Å². The van der Waals surface area contributed by atoms with Gasteiger partial charge < -0.3 is 16.0 Å². The summed E-state index contributed by atoms with van der Waals surface area (Å²) in [5.74, 6) is 1.20. The molecule has 0 saturated carbocycles. The minimum absolute atomic E-state index is 0.270. The van der Waals surface area contributed by atoms with Crippen molar-refractivity contribution in [2.75, 3.05) is 36.8 Å². The Morgan fingerprint density at radius 3 is 2.57 bits per heavy atom. The van der Waals surface area contributed by atoms with Gasteiger partial charge in [-0.1, -0.05) is 30.3 Å². The molecule has 3 N–H and O–H groups in total. The highest BCUT2D eigenvalue weighted by atomic mass is 15.4. The Morgan fingerprint density at radius 1 is 1.09 bits per heavy atom. The molecule has 0 amide bonds.